The van der Waals surface area contributed by atoms with Crippen molar-refractivity contribution < 1.29 is 9.53 Å². The molecule has 0 aliphatic carbocycles. The molecule has 0 unspecified atom stereocenters. The lowest BCUT2D eigenvalue weighted by Gasteiger charge is -2.10. The monoisotopic (exact) mass is 270 g/mol. The summed E-state index contributed by atoms with van der Waals surface area (Å²) in [5, 5.41) is 2.80. The molecule has 1 heterocycles. The van der Waals surface area contributed by atoms with Crippen LogP contribution in [0.3, 0.4) is 0 Å². The van der Waals surface area contributed by atoms with Crippen molar-refractivity contribution in [3.05, 3.63) is 59.4 Å². The summed E-state index contributed by atoms with van der Waals surface area (Å²) < 4.78 is 5.51. The van der Waals surface area contributed by atoms with Crippen molar-refractivity contribution in [1.82, 2.24) is 10.3 Å². The standard InChI is InChI=1S/C16H18N2O2/c1-12-5-6-15(13(2)8-12)20-11-16(19)18-10-14-4-3-7-17-9-14/h3-9H,10-11H2,1-2H3,(H,18,19). The van der Waals surface area contributed by atoms with Crippen molar-refractivity contribution in [1.29, 1.82) is 0 Å². The lowest BCUT2D eigenvalue weighted by Crippen LogP contribution is -2.28. The first-order valence-electron chi connectivity index (χ1n) is 6.51. The number of pyridine rings is 1. The van der Waals surface area contributed by atoms with E-state index in [0.717, 1.165) is 16.9 Å². The summed E-state index contributed by atoms with van der Waals surface area (Å²) in [5.41, 5.74) is 3.17. The van der Waals surface area contributed by atoms with E-state index >= 15 is 0 Å². The Kier molecular flexibility index (Phi) is 4.71. The average molecular weight is 270 g/mol. The van der Waals surface area contributed by atoms with Gasteiger partial charge in [0.05, 0.1) is 0 Å². The zero-order chi connectivity index (χ0) is 14.4. The predicted octanol–water partition coefficient (Wildman–Crippen LogP) is 2.39. The van der Waals surface area contributed by atoms with E-state index in [4.69, 9.17) is 4.74 Å². The normalized spacial score (nSPS) is 10.1. The number of hydrogen-bond donors (Lipinski definition) is 1. The Labute approximate surface area is 118 Å². The fourth-order valence-corrected chi connectivity index (χ4v) is 1.86. The van der Waals surface area contributed by atoms with E-state index in [0.29, 0.717) is 6.54 Å². The molecule has 1 aromatic carbocycles. The van der Waals surface area contributed by atoms with Crippen LogP contribution in [0.5, 0.6) is 5.75 Å². The third-order valence-corrected chi connectivity index (χ3v) is 2.90. The minimum absolute atomic E-state index is 0.0180. The van der Waals surface area contributed by atoms with Crippen LogP contribution in [0.15, 0.2) is 42.7 Å². The molecule has 0 bridgehead atoms. The molecule has 0 radical (unpaired) electrons. The minimum Gasteiger partial charge on any atom is -0.484 e. The number of rotatable bonds is 5. The predicted molar refractivity (Wildman–Crippen MR) is 77.5 cm³/mol. The smallest absolute Gasteiger partial charge is 0.258 e. The Morgan fingerprint density at radius 1 is 1.30 bits per heavy atom. The van der Waals surface area contributed by atoms with Crippen LogP contribution in [0.1, 0.15) is 16.7 Å². The lowest BCUT2D eigenvalue weighted by atomic mass is 10.1. The molecule has 20 heavy (non-hydrogen) atoms. The molecule has 0 fully saturated rings. The Morgan fingerprint density at radius 3 is 2.85 bits per heavy atom. The fourth-order valence-electron chi connectivity index (χ4n) is 1.86. The topological polar surface area (TPSA) is 51.2 Å². The largest absolute Gasteiger partial charge is 0.484 e. The summed E-state index contributed by atoms with van der Waals surface area (Å²) in [6, 6.07) is 9.64. The number of aryl methyl sites for hydroxylation is 2. The van der Waals surface area contributed by atoms with Crippen LogP contribution < -0.4 is 10.1 Å². The number of amides is 1. The van der Waals surface area contributed by atoms with Gasteiger partial charge in [0.2, 0.25) is 0 Å². The van der Waals surface area contributed by atoms with Crippen molar-refractivity contribution in [2.45, 2.75) is 20.4 Å². The van der Waals surface area contributed by atoms with Gasteiger partial charge in [0.25, 0.3) is 5.91 Å². The number of ether oxygens (including phenoxy) is 1. The first-order valence-corrected chi connectivity index (χ1v) is 6.51. The molecule has 0 saturated carbocycles. The summed E-state index contributed by atoms with van der Waals surface area (Å²) in [6.45, 7) is 4.47. The zero-order valence-corrected chi connectivity index (χ0v) is 11.7. The maximum atomic E-state index is 11.7. The number of nitrogens with zero attached hydrogens (tertiary/aromatic N) is 1. The maximum Gasteiger partial charge on any atom is 0.258 e. The Bertz CT molecular complexity index is 582. The number of carbonyl (C=O) groups excluding carboxylic acids is 1. The molecule has 1 N–H and O–H groups in total. The van der Waals surface area contributed by atoms with E-state index in [1.807, 2.05) is 44.2 Å². The van der Waals surface area contributed by atoms with Gasteiger partial charge < -0.3 is 10.1 Å². The summed E-state index contributed by atoms with van der Waals surface area (Å²) >= 11 is 0. The first-order chi connectivity index (χ1) is 9.65. The molecule has 2 rings (SSSR count). The molecule has 4 heteroatoms. The average Bonchev–Trinajstić information content (AvgIpc) is 2.45. The van der Waals surface area contributed by atoms with Crippen LogP contribution in [0.25, 0.3) is 0 Å². The number of hydrogen-bond acceptors (Lipinski definition) is 3. The van der Waals surface area contributed by atoms with E-state index in [2.05, 4.69) is 10.3 Å². The maximum absolute atomic E-state index is 11.7. The Balaban J connectivity index is 1.80. The second-order valence-corrected chi connectivity index (χ2v) is 4.70. The first kappa shape index (κ1) is 14.1. The molecule has 1 aromatic heterocycles. The van der Waals surface area contributed by atoms with Crippen LogP contribution in [0.2, 0.25) is 0 Å². The van der Waals surface area contributed by atoms with Crippen molar-refractivity contribution >= 4 is 5.91 Å². The molecular formula is C16H18N2O2. The van der Waals surface area contributed by atoms with Crippen molar-refractivity contribution in [2.24, 2.45) is 0 Å². The molecule has 0 atom stereocenters. The van der Waals surface area contributed by atoms with Gasteiger partial charge >= 0.3 is 0 Å². The molecule has 1 amide bonds. The summed E-state index contributed by atoms with van der Waals surface area (Å²) in [7, 11) is 0. The third kappa shape index (κ3) is 4.09. The summed E-state index contributed by atoms with van der Waals surface area (Å²) in [6.07, 6.45) is 3.43. The van der Waals surface area contributed by atoms with Crippen LogP contribution in [-0.2, 0) is 11.3 Å². The van der Waals surface area contributed by atoms with Gasteiger partial charge in [-0.05, 0) is 37.1 Å². The van der Waals surface area contributed by atoms with E-state index in [-0.39, 0.29) is 12.5 Å². The number of nitrogens with one attached hydrogen (secondary N) is 1. The van der Waals surface area contributed by atoms with Gasteiger partial charge in [0.15, 0.2) is 6.61 Å². The highest BCUT2D eigenvalue weighted by Crippen LogP contribution is 2.18. The molecule has 0 saturated heterocycles. The summed E-state index contributed by atoms with van der Waals surface area (Å²) in [5.74, 6) is 0.598. The van der Waals surface area contributed by atoms with Crippen molar-refractivity contribution in [3.63, 3.8) is 0 Å². The molecule has 2 aromatic rings. The molecule has 104 valence electrons. The van der Waals surface area contributed by atoms with Gasteiger partial charge in [0, 0.05) is 18.9 Å². The van der Waals surface area contributed by atoms with Crippen LogP contribution in [0, 0.1) is 13.8 Å². The molecule has 0 aliphatic rings. The minimum atomic E-state index is -0.145. The van der Waals surface area contributed by atoms with Crippen LogP contribution in [0.4, 0.5) is 0 Å². The highest BCUT2D eigenvalue weighted by Gasteiger charge is 2.05. The highest BCUT2D eigenvalue weighted by atomic mass is 16.5. The number of carbonyl (C=O) groups is 1. The van der Waals surface area contributed by atoms with Crippen molar-refractivity contribution in [2.75, 3.05) is 6.61 Å². The van der Waals surface area contributed by atoms with Gasteiger partial charge in [-0.3, -0.25) is 9.78 Å². The molecule has 0 aliphatic heterocycles. The second kappa shape index (κ2) is 6.70. The Hall–Kier alpha value is -2.36. The molecule has 0 spiro atoms. The zero-order valence-electron chi connectivity index (χ0n) is 11.7. The van der Waals surface area contributed by atoms with E-state index in [1.54, 1.807) is 12.4 Å². The van der Waals surface area contributed by atoms with Gasteiger partial charge in [-0.25, -0.2) is 0 Å². The third-order valence-electron chi connectivity index (χ3n) is 2.90. The second-order valence-electron chi connectivity index (χ2n) is 4.70. The van der Waals surface area contributed by atoms with Crippen LogP contribution >= 0.6 is 0 Å². The van der Waals surface area contributed by atoms with Crippen molar-refractivity contribution in [3.8, 4) is 5.75 Å². The van der Waals surface area contributed by atoms with E-state index in [9.17, 15) is 4.79 Å². The van der Waals surface area contributed by atoms with E-state index in [1.165, 1.54) is 5.56 Å². The SMILES string of the molecule is Cc1ccc(OCC(=O)NCc2cccnc2)c(C)c1. The van der Waals surface area contributed by atoms with Gasteiger partial charge in [-0.15, -0.1) is 0 Å². The fraction of sp³-hybridized carbons (Fsp3) is 0.250. The van der Waals surface area contributed by atoms with Gasteiger partial charge in [-0.2, -0.15) is 0 Å². The van der Waals surface area contributed by atoms with Gasteiger partial charge in [-0.1, -0.05) is 23.8 Å². The number of benzene rings is 1. The Morgan fingerprint density at radius 2 is 2.15 bits per heavy atom. The quantitative estimate of drug-likeness (QED) is 0.907. The summed E-state index contributed by atoms with van der Waals surface area (Å²) in [4.78, 5) is 15.7. The number of aromatic nitrogens is 1. The van der Waals surface area contributed by atoms with Gasteiger partial charge in [0.1, 0.15) is 5.75 Å². The lowest BCUT2D eigenvalue weighted by molar-refractivity contribution is -0.123. The van der Waals surface area contributed by atoms with Crippen LogP contribution in [-0.4, -0.2) is 17.5 Å². The highest BCUT2D eigenvalue weighted by molar-refractivity contribution is 5.77. The molecular weight excluding hydrogens is 252 g/mol. The molecule has 4 nitrogen and oxygen atoms in total. The van der Waals surface area contributed by atoms with E-state index < -0.39 is 0 Å².